The van der Waals surface area contributed by atoms with E-state index in [1.54, 1.807) is 6.21 Å². The number of nitrogens with one attached hydrogen (secondary N) is 1. The molecule has 0 radical (unpaired) electrons. The summed E-state index contributed by atoms with van der Waals surface area (Å²) in [4.78, 5) is 17.3. The highest BCUT2D eigenvalue weighted by Crippen LogP contribution is 2.38. The van der Waals surface area contributed by atoms with Crippen molar-refractivity contribution in [2.75, 3.05) is 0 Å². The van der Waals surface area contributed by atoms with Gasteiger partial charge >= 0.3 is 5.97 Å². The highest BCUT2D eigenvalue weighted by Gasteiger charge is 2.46. The number of esters is 1. The van der Waals surface area contributed by atoms with E-state index < -0.39 is 11.0 Å². The topological polar surface area (TPSA) is 67.3 Å². The molecule has 1 atom stereocenters. The van der Waals surface area contributed by atoms with Gasteiger partial charge in [-0.1, -0.05) is 42.5 Å². The van der Waals surface area contributed by atoms with Gasteiger partial charge in [-0.05, 0) is 26.3 Å². The minimum atomic E-state index is -0.817. The van der Waals surface area contributed by atoms with Crippen molar-refractivity contribution in [3.05, 3.63) is 59.4 Å². The summed E-state index contributed by atoms with van der Waals surface area (Å²) in [6.45, 7) is 5.91. The normalized spacial score (nSPS) is 19.6. The van der Waals surface area contributed by atoms with Crippen LogP contribution in [-0.2, 0) is 16.1 Å². The van der Waals surface area contributed by atoms with E-state index in [0.29, 0.717) is 0 Å². The van der Waals surface area contributed by atoms with Crippen molar-refractivity contribution in [1.82, 2.24) is 10.2 Å². The summed E-state index contributed by atoms with van der Waals surface area (Å²) in [6, 6.07) is 9.66. The van der Waals surface area contributed by atoms with E-state index in [1.807, 2.05) is 69.5 Å². The number of nitrogens with zero attached hydrogens (tertiary/aromatic N) is 2. The van der Waals surface area contributed by atoms with Gasteiger partial charge in [-0.2, -0.15) is 5.10 Å². The van der Waals surface area contributed by atoms with Crippen LogP contribution in [0.5, 0.6) is 0 Å². The van der Waals surface area contributed by atoms with Crippen molar-refractivity contribution in [2.45, 2.75) is 32.9 Å². The minimum Gasteiger partial charge on any atom is -0.460 e. The van der Waals surface area contributed by atoms with Crippen LogP contribution in [0.3, 0.4) is 0 Å². The molecular weight excluding hydrogens is 302 g/mol. The van der Waals surface area contributed by atoms with Gasteiger partial charge in [0, 0.05) is 11.8 Å². The predicted octanol–water partition coefficient (Wildman–Crippen LogP) is 3.38. The third-order valence-electron chi connectivity index (χ3n) is 4.73. The summed E-state index contributed by atoms with van der Waals surface area (Å²) < 4.78 is 5.54. The number of carbonyl (C=O) groups is 1. The molecule has 1 aromatic heterocycles. The predicted molar refractivity (Wildman–Crippen MR) is 93.6 cm³/mol. The van der Waals surface area contributed by atoms with E-state index in [4.69, 9.17) is 4.74 Å². The van der Waals surface area contributed by atoms with Crippen molar-refractivity contribution < 1.29 is 9.53 Å². The Bertz CT molecular complexity index is 759. The second-order valence-electron chi connectivity index (χ2n) is 6.65. The molecule has 2 aromatic rings. The Morgan fingerprint density at radius 1 is 1.29 bits per heavy atom. The molecule has 5 nitrogen and oxygen atoms in total. The molecule has 0 amide bonds. The number of aromatic amines is 1. The molecule has 1 aromatic carbocycles. The molecule has 24 heavy (non-hydrogen) atoms. The highest BCUT2D eigenvalue weighted by atomic mass is 16.5. The Kier molecular flexibility index (Phi) is 4.09. The van der Waals surface area contributed by atoms with Crippen molar-refractivity contribution in [3.8, 4) is 0 Å². The summed E-state index contributed by atoms with van der Waals surface area (Å²) in [6.07, 6.45) is 7.40. The number of rotatable bonds is 4. The number of hydrogen-bond acceptors (Lipinski definition) is 4. The summed E-state index contributed by atoms with van der Waals surface area (Å²) in [5.41, 5.74) is 1.15. The highest BCUT2D eigenvalue weighted by molar-refractivity contribution is 5.87. The Morgan fingerprint density at radius 3 is 2.79 bits per heavy atom. The number of H-pyrrole nitrogens is 1. The van der Waals surface area contributed by atoms with Crippen LogP contribution in [0.25, 0.3) is 6.08 Å². The van der Waals surface area contributed by atoms with Crippen molar-refractivity contribution in [3.63, 3.8) is 0 Å². The summed E-state index contributed by atoms with van der Waals surface area (Å²) in [7, 11) is 0. The van der Waals surface area contributed by atoms with E-state index >= 15 is 0 Å². The zero-order valence-corrected chi connectivity index (χ0v) is 14.1. The van der Waals surface area contributed by atoms with E-state index in [0.717, 1.165) is 16.8 Å². The largest absolute Gasteiger partial charge is 0.460 e. The standard InChI is InChI=1S/C19H21N3O2/c1-18(2,17(23)24-13-14-7-5-4-6-8-14)19(3)10-9-15-11-21-22-16(15)12-20-19/h4-12H,13H2,1-3H3,(H,21,22). The van der Waals surface area contributed by atoms with Gasteiger partial charge in [0.15, 0.2) is 0 Å². The zero-order valence-electron chi connectivity index (χ0n) is 14.1. The summed E-state index contributed by atoms with van der Waals surface area (Å²) in [5.74, 6) is -0.281. The average molecular weight is 323 g/mol. The fourth-order valence-corrected chi connectivity index (χ4v) is 2.52. The molecule has 124 valence electrons. The molecule has 0 spiro atoms. The molecule has 0 saturated carbocycles. The molecule has 0 aliphatic carbocycles. The molecule has 1 aliphatic rings. The molecule has 0 fully saturated rings. The molecule has 1 N–H and O–H groups in total. The van der Waals surface area contributed by atoms with Crippen LogP contribution in [0.1, 0.15) is 37.6 Å². The molecular formula is C19H21N3O2. The van der Waals surface area contributed by atoms with Crippen LogP contribution in [0, 0.1) is 5.41 Å². The maximum atomic E-state index is 12.7. The number of fused-ring (bicyclic) bond motifs is 1. The fourth-order valence-electron chi connectivity index (χ4n) is 2.52. The second kappa shape index (κ2) is 6.07. The van der Waals surface area contributed by atoms with Crippen LogP contribution < -0.4 is 0 Å². The Morgan fingerprint density at radius 2 is 2.04 bits per heavy atom. The fraction of sp³-hybridized carbons (Fsp3) is 0.316. The van der Waals surface area contributed by atoms with Gasteiger partial charge < -0.3 is 4.74 Å². The SMILES string of the molecule is CC1(C(C)(C)C(=O)OCc2ccccc2)C=Cc2c[nH]nc2C=N1. The number of hydrogen-bond donors (Lipinski definition) is 1. The lowest BCUT2D eigenvalue weighted by molar-refractivity contribution is -0.157. The van der Waals surface area contributed by atoms with Gasteiger partial charge in [0.1, 0.15) is 12.3 Å². The summed E-state index contributed by atoms with van der Waals surface area (Å²) >= 11 is 0. The average Bonchev–Trinajstić information content (AvgIpc) is 2.97. The number of ether oxygens (including phenoxy) is 1. The maximum absolute atomic E-state index is 12.7. The second-order valence-corrected chi connectivity index (χ2v) is 6.65. The van der Waals surface area contributed by atoms with Crippen LogP contribution in [0.15, 0.2) is 47.6 Å². The third-order valence-corrected chi connectivity index (χ3v) is 4.73. The molecule has 3 rings (SSSR count). The number of aliphatic imine (C=N–C) groups is 1. The van der Waals surface area contributed by atoms with Gasteiger partial charge in [-0.25, -0.2) is 0 Å². The van der Waals surface area contributed by atoms with E-state index in [-0.39, 0.29) is 12.6 Å². The lowest BCUT2D eigenvalue weighted by atomic mass is 9.73. The van der Waals surface area contributed by atoms with Crippen LogP contribution in [0.4, 0.5) is 0 Å². The van der Waals surface area contributed by atoms with Gasteiger partial charge in [-0.3, -0.25) is 14.9 Å². The first-order chi connectivity index (χ1) is 11.4. The monoisotopic (exact) mass is 323 g/mol. The minimum absolute atomic E-state index is 0.258. The first-order valence-corrected chi connectivity index (χ1v) is 7.92. The van der Waals surface area contributed by atoms with Crippen molar-refractivity contribution in [1.29, 1.82) is 0 Å². The van der Waals surface area contributed by atoms with Crippen LogP contribution >= 0.6 is 0 Å². The number of aromatic nitrogens is 2. The van der Waals surface area contributed by atoms with Crippen LogP contribution in [-0.4, -0.2) is 27.9 Å². The third kappa shape index (κ3) is 2.89. The van der Waals surface area contributed by atoms with E-state index in [2.05, 4.69) is 15.2 Å². The zero-order chi connectivity index (χ0) is 17.2. The molecule has 2 heterocycles. The van der Waals surface area contributed by atoms with Gasteiger partial charge in [0.25, 0.3) is 0 Å². The number of carbonyl (C=O) groups excluding carboxylic acids is 1. The van der Waals surface area contributed by atoms with Crippen LogP contribution in [0.2, 0.25) is 0 Å². The van der Waals surface area contributed by atoms with E-state index in [1.165, 1.54) is 0 Å². The lowest BCUT2D eigenvalue weighted by Crippen LogP contribution is -2.45. The Labute approximate surface area is 141 Å². The first-order valence-electron chi connectivity index (χ1n) is 7.92. The molecule has 0 saturated heterocycles. The smallest absolute Gasteiger partial charge is 0.314 e. The summed E-state index contributed by atoms with van der Waals surface area (Å²) in [5, 5.41) is 6.95. The molecule has 0 bridgehead atoms. The van der Waals surface area contributed by atoms with Crippen molar-refractivity contribution in [2.24, 2.45) is 10.4 Å². The van der Waals surface area contributed by atoms with Gasteiger partial charge in [0.05, 0.1) is 17.2 Å². The van der Waals surface area contributed by atoms with Gasteiger partial charge in [-0.15, -0.1) is 0 Å². The Balaban J connectivity index is 1.77. The molecule has 1 unspecified atom stereocenters. The quantitative estimate of drug-likeness (QED) is 0.877. The van der Waals surface area contributed by atoms with Gasteiger partial charge in [0.2, 0.25) is 0 Å². The number of benzene rings is 1. The lowest BCUT2D eigenvalue weighted by Gasteiger charge is -2.36. The maximum Gasteiger partial charge on any atom is 0.314 e. The van der Waals surface area contributed by atoms with E-state index in [9.17, 15) is 4.79 Å². The van der Waals surface area contributed by atoms with Crippen molar-refractivity contribution >= 4 is 18.3 Å². The molecule has 5 heteroatoms. The Hall–Kier alpha value is -2.69. The first kappa shape index (κ1) is 16.2. The molecule has 1 aliphatic heterocycles.